The molecule has 0 spiro atoms. The van der Waals surface area contributed by atoms with Gasteiger partial charge in [0.2, 0.25) is 0 Å². The smallest absolute Gasteiger partial charge is 0.271 e. The molecule has 0 heterocycles. The minimum atomic E-state index is -0.331. The first-order valence-electron chi connectivity index (χ1n) is 9.23. The van der Waals surface area contributed by atoms with Crippen LogP contribution in [-0.4, -0.2) is 26.3 Å². The molecule has 3 rings (SSSR count). The number of hydrogen-bond donors (Lipinski definition) is 1. The Hall–Kier alpha value is -3.22. The number of hydrazone groups is 1. The molecule has 0 saturated carbocycles. The number of amides is 1. The number of carbonyl (C=O) groups is 1. The Morgan fingerprint density at radius 2 is 1.68 bits per heavy atom. The molecule has 0 atom stereocenters. The van der Waals surface area contributed by atoms with Crippen LogP contribution in [0.25, 0.3) is 0 Å². The minimum absolute atomic E-state index is 0.195. The summed E-state index contributed by atoms with van der Waals surface area (Å²) in [6.45, 7) is 0.195. The van der Waals surface area contributed by atoms with Gasteiger partial charge in [0, 0.05) is 21.2 Å². The molecule has 0 aromatic heterocycles. The largest absolute Gasteiger partial charge is 0.497 e. The maximum absolute atomic E-state index is 12.2. The van der Waals surface area contributed by atoms with Gasteiger partial charge in [-0.2, -0.15) is 5.10 Å². The van der Waals surface area contributed by atoms with Crippen molar-refractivity contribution in [3.05, 3.63) is 87.4 Å². The number of methoxy groups -OCH3 is 2. The maximum atomic E-state index is 12.2. The molecule has 0 fully saturated rings. The molecule has 31 heavy (non-hydrogen) atoms. The summed E-state index contributed by atoms with van der Waals surface area (Å²) in [5.41, 5.74) is 4.37. The van der Waals surface area contributed by atoms with Crippen molar-refractivity contribution in [2.24, 2.45) is 5.10 Å². The topological polar surface area (TPSA) is 69.2 Å². The van der Waals surface area contributed by atoms with Gasteiger partial charge in [-0.25, -0.2) is 5.43 Å². The lowest BCUT2D eigenvalue weighted by Crippen LogP contribution is -2.17. The van der Waals surface area contributed by atoms with Crippen molar-refractivity contribution in [1.82, 2.24) is 5.43 Å². The Morgan fingerprint density at radius 3 is 2.32 bits per heavy atom. The van der Waals surface area contributed by atoms with Crippen LogP contribution in [0.3, 0.4) is 0 Å². The summed E-state index contributed by atoms with van der Waals surface area (Å²) in [5, 5.41) is 5.06. The minimum Gasteiger partial charge on any atom is -0.497 e. The van der Waals surface area contributed by atoms with Gasteiger partial charge in [-0.3, -0.25) is 4.79 Å². The Balaban J connectivity index is 1.64. The van der Waals surface area contributed by atoms with Gasteiger partial charge < -0.3 is 14.2 Å². The zero-order valence-electron chi connectivity index (χ0n) is 16.9. The number of benzene rings is 3. The van der Waals surface area contributed by atoms with E-state index in [1.54, 1.807) is 67.8 Å². The van der Waals surface area contributed by atoms with Gasteiger partial charge in [0.15, 0.2) is 11.5 Å². The number of carbonyl (C=O) groups excluding carboxylic acids is 1. The summed E-state index contributed by atoms with van der Waals surface area (Å²) in [6, 6.07) is 17.3. The lowest BCUT2D eigenvalue weighted by molar-refractivity contribution is 0.0955. The standard InChI is InChI=1S/C23H20Cl2N2O4/c1-29-17-9-7-16(8-10-17)23(28)27-26-13-15-6-11-21(22(12-15)30-2)31-14-18-19(24)4-3-5-20(18)25/h3-13H,14H2,1-2H3,(H,27,28)/b26-13-. The van der Waals surface area contributed by atoms with Crippen LogP contribution in [0, 0.1) is 0 Å². The predicted octanol–water partition coefficient (Wildman–Crippen LogP) is 5.35. The number of halogens is 2. The van der Waals surface area contributed by atoms with Gasteiger partial charge in [-0.15, -0.1) is 0 Å². The second-order valence-corrected chi connectivity index (χ2v) is 7.14. The Labute approximate surface area is 190 Å². The van der Waals surface area contributed by atoms with Crippen LogP contribution in [-0.2, 0) is 6.61 Å². The molecule has 1 N–H and O–H groups in total. The molecule has 0 saturated heterocycles. The average Bonchev–Trinajstić information content (AvgIpc) is 2.79. The first-order chi connectivity index (χ1) is 15.0. The highest BCUT2D eigenvalue weighted by atomic mass is 35.5. The summed E-state index contributed by atoms with van der Waals surface area (Å²) >= 11 is 12.4. The third-order valence-corrected chi connectivity index (χ3v) is 5.06. The molecular formula is C23H20Cl2N2O4. The molecule has 0 aliphatic carbocycles. The molecular weight excluding hydrogens is 439 g/mol. The second-order valence-electron chi connectivity index (χ2n) is 6.33. The normalized spacial score (nSPS) is 10.7. The summed E-state index contributed by atoms with van der Waals surface area (Å²) < 4.78 is 16.3. The number of rotatable bonds is 8. The van der Waals surface area contributed by atoms with E-state index in [2.05, 4.69) is 10.5 Å². The first kappa shape index (κ1) is 22.5. The predicted molar refractivity (Wildman–Crippen MR) is 122 cm³/mol. The van der Waals surface area contributed by atoms with Crippen molar-refractivity contribution in [2.45, 2.75) is 6.61 Å². The molecule has 6 nitrogen and oxygen atoms in total. The number of nitrogens with zero attached hydrogens (tertiary/aromatic N) is 1. The molecule has 0 aliphatic rings. The zero-order chi connectivity index (χ0) is 22.2. The Bertz CT molecular complexity index is 1070. The van der Waals surface area contributed by atoms with E-state index in [1.165, 1.54) is 13.3 Å². The van der Waals surface area contributed by atoms with Crippen molar-refractivity contribution < 1.29 is 19.0 Å². The fraction of sp³-hybridized carbons (Fsp3) is 0.130. The molecule has 0 radical (unpaired) electrons. The Morgan fingerprint density at radius 1 is 0.968 bits per heavy atom. The fourth-order valence-corrected chi connectivity index (χ4v) is 3.18. The molecule has 3 aromatic rings. The van der Waals surface area contributed by atoms with Gasteiger partial charge in [0.25, 0.3) is 5.91 Å². The van der Waals surface area contributed by atoms with E-state index in [-0.39, 0.29) is 12.5 Å². The monoisotopic (exact) mass is 458 g/mol. The summed E-state index contributed by atoms with van der Waals surface area (Å²) in [6.07, 6.45) is 1.51. The van der Waals surface area contributed by atoms with E-state index in [4.69, 9.17) is 37.4 Å². The lowest BCUT2D eigenvalue weighted by atomic mass is 10.2. The van der Waals surface area contributed by atoms with Crippen LogP contribution in [0.2, 0.25) is 10.0 Å². The van der Waals surface area contributed by atoms with E-state index in [9.17, 15) is 4.79 Å². The van der Waals surface area contributed by atoms with Gasteiger partial charge >= 0.3 is 0 Å². The SMILES string of the molecule is COc1ccc(C(=O)N/N=C\c2ccc(OCc3c(Cl)cccc3Cl)c(OC)c2)cc1. The van der Waals surface area contributed by atoms with Gasteiger partial charge in [-0.1, -0.05) is 29.3 Å². The first-order valence-corrected chi connectivity index (χ1v) is 9.98. The zero-order valence-corrected chi connectivity index (χ0v) is 18.4. The second kappa shape index (κ2) is 10.7. The van der Waals surface area contributed by atoms with E-state index in [0.717, 1.165) is 5.56 Å². The van der Waals surface area contributed by atoms with E-state index in [1.807, 2.05) is 0 Å². The molecule has 8 heteroatoms. The van der Waals surface area contributed by atoms with Crippen LogP contribution in [0.1, 0.15) is 21.5 Å². The van der Waals surface area contributed by atoms with Crippen LogP contribution in [0.5, 0.6) is 17.2 Å². The molecule has 1 amide bonds. The lowest BCUT2D eigenvalue weighted by Gasteiger charge is -2.13. The highest BCUT2D eigenvalue weighted by Gasteiger charge is 2.10. The van der Waals surface area contributed by atoms with Crippen molar-refractivity contribution >= 4 is 35.3 Å². The number of hydrogen-bond acceptors (Lipinski definition) is 5. The Kier molecular flexibility index (Phi) is 7.76. The van der Waals surface area contributed by atoms with E-state index in [0.29, 0.717) is 38.4 Å². The molecule has 160 valence electrons. The van der Waals surface area contributed by atoms with Crippen molar-refractivity contribution in [1.29, 1.82) is 0 Å². The van der Waals surface area contributed by atoms with Crippen molar-refractivity contribution in [3.63, 3.8) is 0 Å². The van der Waals surface area contributed by atoms with Crippen LogP contribution in [0.4, 0.5) is 0 Å². The highest BCUT2D eigenvalue weighted by Crippen LogP contribution is 2.31. The van der Waals surface area contributed by atoms with Crippen molar-refractivity contribution in [2.75, 3.05) is 14.2 Å². The average molecular weight is 459 g/mol. The molecule has 0 unspecified atom stereocenters. The summed E-state index contributed by atoms with van der Waals surface area (Å²) in [4.78, 5) is 12.2. The van der Waals surface area contributed by atoms with Crippen LogP contribution >= 0.6 is 23.2 Å². The molecule has 3 aromatic carbocycles. The van der Waals surface area contributed by atoms with Crippen molar-refractivity contribution in [3.8, 4) is 17.2 Å². The van der Waals surface area contributed by atoms with Crippen LogP contribution < -0.4 is 19.6 Å². The third-order valence-electron chi connectivity index (χ3n) is 4.35. The van der Waals surface area contributed by atoms with Gasteiger partial charge in [0.05, 0.1) is 20.4 Å². The van der Waals surface area contributed by atoms with E-state index < -0.39 is 0 Å². The third kappa shape index (κ3) is 5.90. The van der Waals surface area contributed by atoms with Gasteiger partial charge in [-0.05, 0) is 60.2 Å². The van der Waals surface area contributed by atoms with Crippen LogP contribution in [0.15, 0.2) is 65.8 Å². The highest BCUT2D eigenvalue weighted by molar-refractivity contribution is 6.35. The summed E-state index contributed by atoms with van der Waals surface area (Å²) in [5.74, 6) is 1.38. The molecule has 0 bridgehead atoms. The number of ether oxygens (including phenoxy) is 3. The molecule has 0 aliphatic heterocycles. The van der Waals surface area contributed by atoms with E-state index >= 15 is 0 Å². The maximum Gasteiger partial charge on any atom is 0.271 e. The summed E-state index contributed by atoms with van der Waals surface area (Å²) in [7, 11) is 3.10. The van der Waals surface area contributed by atoms with Gasteiger partial charge in [0.1, 0.15) is 12.4 Å². The quantitative estimate of drug-likeness (QED) is 0.364. The fourth-order valence-electron chi connectivity index (χ4n) is 2.68. The number of nitrogens with one attached hydrogen (secondary N) is 1.